The Bertz CT molecular complexity index is 597. The molecule has 1 heterocycles. The first-order valence-electron chi connectivity index (χ1n) is 6.62. The van der Waals surface area contributed by atoms with Crippen molar-refractivity contribution in [2.45, 2.75) is 13.1 Å². The van der Waals surface area contributed by atoms with Gasteiger partial charge in [0.05, 0.1) is 23.6 Å². The number of nitrogens with one attached hydrogen (secondary N) is 1. The first kappa shape index (κ1) is 15.1. The van der Waals surface area contributed by atoms with E-state index in [4.69, 9.17) is 4.74 Å². The highest BCUT2D eigenvalue weighted by molar-refractivity contribution is 5.34. The van der Waals surface area contributed by atoms with Crippen molar-refractivity contribution in [1.29, 1.82) is 0 Å². The zero-order valence-electron chi connectivity index (χ0n) is 11.9. The monoisotopic (exact) mass is 290 g/mol. The summed E-state index contributed by atoms with van der Waals surface area (Å²) in [7, 11) is 1.66. The van der Waals surface area contributed by atoms with Crippen molar-refractivity contribution in [3.05, 3.63) is 58.2 Å². The molecule has 0 amide bonds. The van der Waals surface area contributed by atoms with E-state index in [9.17, 15) is 10.1 Å². The molecule has 7 heteroatoms. The minimum Gasteiger partial charge on any atom is -0.383 e. The molecule has 0 fully saturated rings. The predicted molar refractivity (Wildman–Crippen MR) is 78.0 cm³/mol. The van der Waals surface area contributed by atoms with Crippen LogP contribution in [0.3, 0.4) is 0 Å². The molecule has 21 heavy (non-hydrogen) atoms. The summed E-state index contributed by atoms with van der Waals surface area (Å²) >= 11 is 0. The van der Waals surface area contributed by atoms with Crippen LogP contribution in [0, 0.1) is 10.1 Å². The molecule has 0 bridgehead atoms. The zero-order chi connectivity index (χ0) is 15.1. The van der Waals surface area contributed by atoms with Crippen LogP contribution in [-0.2, 0) is 17.8 Å². The summed E-state index contributed by atoms with van der Waals surface area (Å²) in [5.41, 5.74) is 1.91. The molecule has 1 aromatic carbocycles. The van der Waals surface area contributed by atoms with Crippen molar-refractivity contribution in [3.8, 4) is 0 Å². The number of non-ortho nitro benzene ring substituents is 1. The smallest absolute Gasteiger partial charge is 0.269 e. The Hall–Kier alpha value is -2.25. The van der Waals surface area contributed by atoms with Gasteiger partial charge in [0.1, 0.15) is 0 Å². The summed E-state index contributed by atoms with van der Waals surface area (Å²) in [5, 5.41) is 14.0. The fourth-order valence-corrected chi connectivity index (χ4v) is 1.95. The molecule has 2 aromatic rings. The summed E-state index contributed by atoms with van der Waals surface area (Å²) in [6.07, 6.45) is 3.66. The number of ether oxygens (including phenoxy) is 1. The molecule has 0 saturated carbocycles. The summed E-state index contributed by atoms with van der Waals surface area (Å²) in [6, 6.07) is 6.63. The molecular formula is C14H18N4O3. The maximum atomic E-state index is 10.7. The average molecular weight is 290 g/mol. The van der Waals surface area contributed by atoms with Gasteiger partial charge in [0.15, 0.2) is 0 Å². The molecule has 1 aromatic heterocycles. The number of hydrogen-bond acceptors (Lipinski definition) is 5. The van der Waals surface area contributed by atoms with Crippen LogP contribution < -0.4 is 5.32 Å². The van der Waals surface area contributed by atoms with Gasteiger partial charge in [0.2, 0.25) is 0 Å². The summed E-state index contributed by atoms with van der Waals surface area (Å²) in [4.78, 5) is 14.7. The van der Waals surface area contributed by atoms with Gasteiger partial charge in [-0.05, 0) is 5.56 Å². The van der Waals surface area contributed by atoms with Gasteiger partial charge >= 0.3 is 0 Å². The second-order valence-corrected chi connectivity index (χ2v) is 4.63. The fraction of sp³-hybridized carbons (Fsp3) is 0.357. The minimum atomic E-state index is -0.386. The van der Waals surface area contributed by atoms with Crippen LogP contribution in [0.5, 0.6) is 0 Å². The van der Waals surface area contributed by atoms with E-state index >= 15 is 0 Å². The van der Waals surface area contributed by atoms with Crippen LogP contribution in [0.1, 0.15) is 11.3 Å². The van der Waals surface area contributed by atoms with Gasteiger partial charge in [-0.15, -0.1) is 0 Å². The molecule has 0 atom stereocenters. The molecule has 0 spiro atoms. The van der Waals surface area contributed by atoms with Crippen molar-refractivity contribution in [1.82, 2.24) is 14.9 Å². The zero-order valence-corrected chi connectivity index (χ0v) is 11.9. The molecule has 0 unspecified atom stereocenters. The van der Waals surface area contributed by atoms with E-state index in [-0.39, 0.29) is 10.6 Å². The normalized spacial score (nSPS) is 10.7. The number of nitro benzene ring substituents is 1. The molecule has 7 nitrogen and oxygen atoms in total. The minimum absolute atomic E-state index is 0.106. The Morgan fingerprint density at radius 2 is 2.33 bits per heavy atom. The van der Waals surface area contributed by atoms with Crippen molar-refractivity contribution in [2.75, 3.05) is 20.3 Å². The van der Waals surface area contributed by atoms with Gasteiger partial charge < -0.3 is 14.6 Å². The van der Waals surface area contributed by atoms with Crippen LogP contribution in [0.25, 0.3) is 0 Å². The summed E-state index contributed by atoms with van der Waals surface area (Å²) in [6.45, 7) is 2.67. The van der Waals surface area contributed by atoms with Gasteiger partial charge in [0.25, 0.3) is 5.69 Å². The topological polar surface area (TPSA) is 82.2 Å². The van der Waals surface area contributed by atoms with Crippen LogP contribution in [-0.4, -0.2) is 34.7 Å². The van der Waals surface area contributed by atoms with Crippen LogP contribution >= 0.6 is 0 Å². The number of aromatic nitrogens is 2. The molecule has 112 valence electrons. The third kappa shape index (κ3) is 4.66. The lowest BCUT2D eigenvalue weighted by atomic mass is 10.2. The predicted octanol–water partition coefficient (Wildman–Crippen LogP) is 1.58. The van der Waals surface area contributed by atoms with E-state index in [1.54, 1.807) is 25.6 Å². The Kier molecular flexibility index (Phi) is 5.42. The standard InChI is InChI=1S/C14H18N4O3/c1-21-6-5-15-8-13-10-17(11-16-13)9-12-3-2-4-14(7-12)18(19)20/h2-4,7,10-11,15H,5-6,8-9H2,1H3. The lowest BCUT2D eigenvalue weighted by Gasteiger charge is -2.02. The van der Waals surface area contributed by atoms with Crippen LogP contribution in [0.4, 0.5) is 5.69 Å². The van der Waals surface area contributed by atoms with E-state index in [0.29, 0.717) is 19.7 Å². The Morgan fingerprint density at radius 1 is 1.48 bits per heavy atom. The molecule has 0 saturated heterocycles. The molecular weight excluding hydrogens is 272 g/mol. The SMILES string of the molecule is COCCNCc1cn(Cc2cccc([N+](=O)[O-])c2)cn1. The fourth-order valence-electron chi connectivity index (χ4n) is 1.95. The summed E-state index contributed by atoms with van der Waals surface area (Å²) < 4.78 is 6.86. The number of benzene rings is 1. The van der Waals surface area contributed by atoms with Crippen molar-refractivity contribution < 1.29 is 9.66 Å². The van der Waals surface area contributed by atoms with Crippen molar-refractivity contribution in [2.24, 2.45) is 0 Å². The average Bonchev–Trinajstić information content (AvgIpc) is 2.91. The van der Waals surface area contributed by atoms with Crippen LogP contribution in [0.15, 0.2) is 36.8 Å². The van der Waals surface area contributed by atoms with Gasteiger partial charge in [-0.25, -0.2) is 4.98 Å². The Morgan fingerprint density at radius 3 is 3.10 bits per heavy atom. The van der Waals surface area contributed by atoms with Gasteiger partial charge in [0, 0.05) is 45.1 Å². The third-order valence-electron chi connectivity index (χ3n) is 2.96. The first-order chi connectivity index (χ1) is 10.2. The number of rotatable bonds is 8. The maximum absolute atomic E-state index is 10.7. The van der Waals surface area contributed by atoms with E-state index in [0.717, 1.165) is 17.8 Å². The van der Waals surface area contributed by atoms with Crippen molar-refractivity contribution >= 4 is 5.69 Å². The first-order valence-corrected chi connectivity index (χ1v) is 6.62. The number of hydrogen-bond donors (Lipinski definition) is 1. The third-order valence-corrected chi connectivity index (χ3v) is 2.96. The quantitative estimate of drug-likeness (QED) is 0.453. The highest BCUT2D eigenvalue weighted by Gasteiger charge is 2.06. The van der Waals surface area contributed by atoms with Gasteiger partial charge in [-0.2, -0.15) is 0 Å². The number of imidazole rings is 1. The number of nitrogens with zero attached hydrogens (tertiary/aromatic N) is 3. The van der Waals surface area contributed by atoms with E-state index in [2.05, 4.69) is 10.3 Å². The van der Waals surface area contributed by atoms with Gasteiger partial charge in [-0.3, -0.25) is 10.1 Å². The number of nitro groups is 1. The van der Waals surface area contributed by atoms with E-state index in [1.165, 1.54) is 6.07 Å². The Balaban J connectivity index is 1.93. The molecule has 0 aliphatic rings. The number of methoxy groups -OCH3 is 1. The highest BCUT2D eigenvalue weighted by Crippen LogP contribution is 2.14. The summed E-state index contributed by atoms with van der Waals surface area (Å²) in [5.74, 6) is 0. The molecule has 0 radical (unpaired) electrons. The van der Waals surface area contributed by atoms with E-state index in [1.807, 2.05) is 16.8 Å². The molecule has 0 aliphatic carbocycles. The second-order valence-electron chi connectivity index (χ2n) is 4.63. The highest BCUT2D eigenvalue weighted by atomic mass is 16.6. The van der Waals surface area contributed by atoms with Crippen molar-refractivity contribution in [3.63, 3.8) is 0 Å². The molecule has 2 rings (SSSR count). The lowest BCUT2D eigenvalue weighted by molar-refractivity contribution is -0.384. The maximum Gasteiger partial charge on any atom is 0.269 e. The Labute approximate surface area is 122 Å². The van der Waals surface area contributed by atoms with Gasteiger partial charge in [-0.1, -0.05) is 12.1 Å². The van der Waals surface area contributed by atoms with Crippen LogP contribution in [0.2, 0.25) is 0 Å². The van der Waals surface area contributed by atoms with E-state index < -0.39 is 0 Å². The largest absolute Gasteiger partial charge is 0.383 e. The molecule has 1 N–H and O–H groups in total. The molecule has 0 aliphatic heterocycles. The lowest BCUT2D eigenvalue weighted by Crippen LogP contribution is -2.18. The second kappa shape index (κ2) is 7.51.